The first-order chi connectivity index (χ1) is 7.77. The van der Waals surface area contributed by atoms with Gasteiger partial charge < -0.3 is 15.7 Å². The van der Waals surface area contributed by atoms with Gasteiger partial charge in [-0.25, -0.2) is 0 Å². The number of amidine groups is 1. The van der Waals surface area contributed by atoms with Crippen LogP contribution in [0.2, 0.25) is 0 Å². The van der Waals surface area contributed by atoms with Crippen molar-refractivity contribution in [2.75, 3.05) is 26.3 Å². The fraction of sp³-hybridized carbons (Fsp3) is 0.909. The normalized spacial score (nSPS) is 17.0. The van der Waals surface area contributed by atoms with Gasteiger partial charge in [-0.2, -0.15) is 0 Å². The Balaban J connectivity index is 2.15. The Morgan fingerprint density at radius 3 is 2.81 bits per heavy atom. The average Bonchev–Trinajstić information content (AvgIpc) is 3.11. The van der Waals surface area contributed by atoms with Crippen LogP contribution in [0.25, 0.3) is 0 Å². The van der Waals surface area contributed by atoms with Gasteiger partial charge in [0.15, 0.2) is 0 Å². The van der Waals surface area contributed by atoms with Crippen LogP contribution in [0.3, 0.4) is 0 Å². The van der Waals surface area contributed by atoms with Crippen molar-refractivity contribution in [2.24, 2.45) is 10.9 Å². The van der Waals surface area contributed by atoms with Gasteiger partial charge in [-0.05, 0) is 26.2 Å². The van der Waals surface area contributed by atoms with E-state index in [0.29, 0.717) is 18.3 Å². The molecule has 1 rings (SSSR count). The van der Waals surface area contributed by atoms with E-state index in [1.807, 2.05) is 6.92 Å². The van der Waals surface area contributed by atoms with Gasteiger partial charge in [-0.1, -0.05) is 5.16 Å². The molecule has 5 nitrogen and oxygen atoms in total. The molecule has 0 aromatic heterocycles. The molecule has 1 saturated carbocycles. The predicted molar refractivity (Wildman–Crippen MR) is 63.7 cm³/mol. The van der Waals surface area contributed by atoms with Crippen molar-refractivity contribution < 1.29 is 9.94 Å². The van der Waals surface area contributed by atoms with Gasteiger partial charge in [0.1, 0.15) is 5.84 Å². The predicted octanol–water partition coefficient (Wildman–Crippen LogP) is 1.01. The van der Waals surface area contributed by atoms with Gasteiger partial charge in [0.2, 0.25) is 0 Å². The molecule has 0 bridgehead atoms. The van der Waals surface area contributed by atoms with Crippen LogP contribution in [0.1, 0.15) is 32.6 Å². The zero-order chi connectivity index (χ0) is 11.8. The summed E-state index contributed by atoms with van der Waals surface area (Å²) in [6.45, 7) is 5.55. The highest BCUT2D eigenvalue weighted by molar-refractivity contribution is 5.79. The molecule has 0 saturated heterocycles. The maximum absolute atomic E-state index is 8.47. The smallest absolute Gasteiger partial charge is 0.140 e. The molecule has 5 heteroatoms. The number of ether oxygens (including phenoxy) is 1. The first-order valence-corrected chi connectivity index (χ1v) is 6.06. The second-order valence-corrected chi connectivity index (χ2v) is 4.16. The second-order valence-electron chi connectivity index (χ2n) is 4.16. The zero-order valence-corrected chi connectivity index (χ0v) is 10.1. The van der Waals surface area contributed by atoms with Crippen molar-refractivity contribution in [2.45, 2.75) is 38.6 Å². The molecule has 0 unspecified atom stereocenters. The molecule has 94 valence electrons. The van der Waals surface area contributed by atoms with Crippen molar-refractivity contribution >= 4 is 5.84 Å². The van der Waals surface area contributed by atoms with Crippen molar-refractivity contribution in [1.29, 1.82) is 0 Å². The molecule has 16 heavy (non-hydrogen) atoms. The highest BCUT2D eigenvalue weighted by atomic mass is 16.5. The fourth-order valence-corrected chi connectivity index (χ4v) is 1.74. The fourth-order valence-electron chi connectivity index (χ4n) is 1.74. The quantitative estimate of drug-likeness (QED) is 0.203. The second kappa shape index (κ2) is 7.46. The Morgan fingerprint density at radius 1 is 1.50 bits per heavy atom. The molecule has 1 aliphatic rings. The minimum Gasteiger partial charge on any atom is -0.409 e. The highest BCUT2D eigenvalue weighted by Crippen LogP contribution is 2.26. The first kappa shape index (κ1) is 13.3. The van der Waals surface area contributed by atoms with E-state index in [4.69, 9.17) is 15.7 Å². The summed E-state index contributed by atoms with van der Waals surface area (Å²) in [7, 11) is 0. The number of nitrogens with zero attached hydrogens (tertiary/aromatic N) is 2. The molecule has 0 aliphatic heterocycles. The van der Waals surface area contributed by atoms with E-state index in [2.05, 4.69) is 10.1 Å². The van der Waals surface area contributed by atoms with Crippen LogP contribution in [0.4, 0.5) is 0 Å². The molecule has 0 spiro atoms. The minimum absolute atomic E-state index is 0.315. The van der Waals surface area contributed by atoms with Crippen LogP contribution in [0.15, 0.2) is 5.16 Å². The Hall–Kier alpha value is -0.810. The van der Waals surface area contributed by atoms with Gasteiger partial charge in [-0.15, -0.1) is 0 Å². The van der Waals surface area contributed by atoms with Crippen molar-refractivity contribution in [1.82, 2.24) is 4.90 Å². The summed E-state index contributed by atoms with van der Waals surface area (Å²) in [6.07, 6.45) is 4.26. The molecule has 0 aromatic rings. The van der Waals surface area contributed by atoms with E-state index < -0.39 is 0 Å². The van der Waals surface area contributed by atoms with E-state index in [-0.39, 0.29) is 0 Å². The Bertz CT molecular complexity index is 217. The first-order valence-electron chi connectivity index (χ1n) is 6.06. The summed E-state index contributed by atoms with van der Waals surface area (Å²) >= 11 is 0. The van der Waals surface area contributed by atoms with Crippen LogP contribution in [-0.4, -0.2) is 48.3 Å². The molecular formula is C11H23N3O2. The zero-order valence-electron chi connectivity index (χ0n) is 10.1. The highest BCUT2D eigenvalue weighted by Gasteiger charge is 2.28. The minimum atomic E-state index is 0.315. The third-order valence-electron chi connectivity index (χ3n) is 2.79. The van der Waals surface area contributed by atoms with Gasteiger partial charge >= 0.3 is 0 Å². The van der Waals surface area contributed by atoms with E-state index in [1.54, 1.807) is 0 Å². The number of nitrogens with two attached hydrogens (primary N) is 1. The molecule has 0 atom stereocenters. The molecule has 1 aliphatic carbocycles. The topological polar surface area (TPSA) is 71.1 Å². The van der Waals surface area contributed by atoms with E-state index in [9.17, 15) is 0 Å². The van der Waals surface area contributed by atoms with Crippen molar-refractivity contribution in [3.05, 3.63) is 0 Å². The maximum Gasteiger partial charge on any atom is 0.140 e. The summed E-state index contributed by atoms with van der Waals surface area (Å²) < 4.78 is 5.32. The largest absolute Gasteiger partial charge is 0.409 e. The Labute approximate surface area is 97.2 Å². The summed E-state index contributed by atoms with van der Waals surface area (Å²) in [4.78, 5) is 2.41. The van der Waals surface area contributed by atoms with E-state index >= 15 is 0 Å². The molecule has 0 amide bonds. The average molecular weight is 229 g/mol. The molecule has 3 N–H and O–H groups in total. The van der Waals surface area contributed by atoms with Gasteiger partial charge in [0, 0.05) is 38.8 Å². The number of rotatable bonds is 9. The molecule has 0 radical (unpaired) electrons. The summed E-state index contributed by atoms with van der Waals surface area (Å²) in [5.74, 6) is 0.315. The van der Waals surface area contributed by atoms with E-state index in [0.717, 1.165) is 32.7 Å². The lowest BCUT2D eigenvalue weighted by atomic mass is 10.3. The number of hydrogen-bond donors (Lipinski definition) is 2. The van der Waals surface area contributed by atoms with Crippen LogP contribution in [0, 0.1) is 0 Å². The summed E-state index contributed by atoms with van der Waals surface area (Å²) in [5.41, 5.74) is 5.47. The van der Waals surface area contributed by atoms with Crippen LogP contribution in [-0.2, 0) is 4.74 Å². The van der Waals surface area contributed by atoms with Crippen LogP contribution < -0.4 is 5.73 Å². The molecule has 0 heterocycles. The molecular weight excluding hydrogens is 206 g/mol. The third-order valence-corrected chi connectivity index (χ3v) is 2.79. The van der Waals surface area contributed by atoms with Crippen LogP contribution in [0.5, 0.6) is 0 Å². The van der Waals surface area contributed by atoms with Crippen LogP contribution >= 0.6 is 0 Å². The monoisotopic (exact) mass is 229 g/mol. The Morgan fingerprint density at radius 2 is 2.25 bits per heavy atom. The lowest BCUT2D eigenvalue weighted by molar-refractivity contribution is 0.131. The standard InChI is InChI=1S/C11H23N3O2/c1-2-16-9-3-7-14(10-4-5-10)8-6-11(12)13-15/h10,15H,2-9H2,1H3,(H2,12,13). The maximum atomic E-state index is 8.47. The van der Waals surface area contributed by atoms with Gasteiger partial charge in [0.25, 0.3) is 0 Å². The van der Waals surface area contributed by atoms with E-state index in [1.165, 1.54) is 12.8 Å². The SMILES string of the molecule is CCOCCCN(CCC(N)=NO)C1CC1. The number of hydrogen-bond acceptors (Lipinski definition) is 4. The van der Waals surface area contributed by atoms with Gasteiger partial charge in [-0.3, -0.25) is 4.90 Å². The number of oxime groups is 1. The van der Waals surface area contributed by atoms with Crippen molar-refractivity contribution in [3.63, 3.8) is 0 Å². The van der Waals surface area contributed by atoms with Gasteiger partial charge in [0.05, 0.1) is 0 Å². The lowest BCUT2D eigenvalue weighted by Crippen LogP contribution is -2.31. The lowest BCUT2D eigenvalue weighted by Gasteiger charge is -2.21. The third kappa shape index (κ3) is 5.32. The Kier molecular flexibility index (Phi) is 6.18. The summed E-state index contributed by atoms with van der Waals surface area (Å²) in [5, 5.41) is 11.5. The molecule has 0 aromatic carbocycles. The van der Waals surface area contributed by atoms with Crippen molar-refractivity contribution in [3.8, 4) is 0 Å². The summed E-state index contributed by atoms with van der Waals surface area (Å²) in [6, 6.07) is 0.716. The molecule has 1 fully saturated rings.